The molecule has 1 aromatic rings. The summed E-state index contributed by atoms with van der Waals surface area (Å²) in [6.07, 6.45) is 1.76. The van der Waals surface area contributed by atoms with Crippen LogP contribution in [0.1, 0.15) is 59.6 Å². The number of nitrogens with zero attached hydrogens (tertiary/aromatic N) is 1. The normalized spacial score (nSPS) is 25.9. The summed E-state index contributed by atoms with van der Waals surface area (Å²) in [6.45, 7) is 16.9. The standard InChI is InChI=1S/C26H38Cl2N2O5S/c1-8-11-33-21-13-20(28)19(27)12-18(21)23(29-36(32)25(3,4)5)17-9-10-30(14-16(17)2)24(31)22-15-34-26(6,7)35-22/h8,12-13,16-17,22-23,29H,1,9-11,14-15H2,2-7H3/t16?,17?,22-,23-,36?/m1/s1. The number of carbonyl (C=O) groups excluding carboxylic acids is 1. The summed E-state index contributed by atoms with van der Waals surface area (Å²) in [5.74, 6) is -0.100. The topological polar surface area (TPSA) is 77.1 Å². The number of piperidine rings is 1. The van der Waals surface area contributed by atoms with Crippen LogP contribution in [-0.4, -0.2) is 58.0 Å². The number of amides is 1. The van der Waals surface area contributed by atoms with Crippen molar-refractivity contribution in [2.75, 3.05) is 26.3 Å². The zero-order chi connectivity index (χ0) is 26.8. The monoisotopic (exact) mass is 560 g/mol. The summed E-state index contributed by atoms with van der Waals surface area (Å²) >= 11 is 12.8. The zero-order valence-electron chi connectivity index (χ0n) is 21.9. The molecule has 0 saturated carbocycles. The average Bonchev–Trinajstić information content (AvgIpc) is 3.16. The van der Waals surface area contributed by atoms with Gasteiger partial charge in [-0.1, -0.05) is 42.8 Å². The number of hydrogen-bond donors (Lipinski definition) is 1. The van der Waals surface area contributed by atoms with Gasteiger partial charge in [-0.05, 0) is 58.9 Å². The van der Waals surface area contributed by atoms with Crippen LogP contribution in [0.4, 0.5) is 0 Å². The number of ether oxygens (including phenoxy) is 3. The van der Waals surface area contributed by atoms with Crippen LogP contribution in [0.25, 0.3) is 0 Å². The molecule has 2 aliphatic heterocycles. The predicted octanol–water partition coefficient (Wildman–Crippen LogP) is 5.29. The molecule has 2 saturated heterocycles. The summed E-state index contributed by atoms with van der Waals surface area (Å²) in [4.78, 5) is 15.0. The number of hydrogen-bond acceptors (Lipinski definition) is 5. The van der Waals surface area contributed by atoms with Gasteiger partial charge in [0.05, 0.1) is 38.4 Å². The molecule has 2 fully saturated rings. The fourth-order valence-corrected chi connectivity index (χ4v) is 5.82. The highest BCUT2D eigenvalue weighted by Gasteiger charge is 2.42. The van der Waals surface area contributed by atoms with Crippen molar-refractivity contribution >= 4 is 40.1 Å². The Labute approximate surface area is 227 Å². The van der Waals surface area contributed by atoms with Crippen LogP contribution in [0.2, 0.25) is 10.0 Å². The maximum absolute atomic E-state index is 13.3. The first kappa shape index (κ1) is 29.4. The largest absolute Gasteiger partial charge is 0.489 e. The Morgan fingerprint density at radius 3 is 2.58 bits per heavy atom. The molecule has 3 rings (SSSR count). The fourth-order valence-electron chi connectivity index (χ4n) is 4.61. The number of benzene rings is 1. The van der Waals surface area contributed by atoms with Gasteiger partial charge in [0.25, 0.3) is 5.91 Å². The molecule has 2 heterocycles. The van der Waals surface area contributed by atoms with Crippen LogP contribution in [0.15, 0.2) is 24.8 Å². The van der Waals surface area contributed by atoms with E-state index in [9.17, 15) is 9.00 Å². The van der Waals surface area contributed by atoms with Gasteiger partial charge in [0.15, 0.2) is 11.9 Å². The molecule has 36 heavy (non-hydrogen) atoms. The lowest BCUT2D eigenvalue weighted by Gasteiger charge is -2.42. The Kier molecular flexibility index (Phi) is 9.56. The molecule has 0 aromatic heterocycles. The maximum atomic E-state index is 13.3. The lowest BCUT2D eigenvalue weighted by Crippen LogP contribution is -2.50. The molecule has 1 aromatic carbocycles. The SMILES string of the molecule is C=CCOc1cc(Cl)c(Cl)cc1[C@H](NS(=O)C(C)(C)C)C1CCN(C(=O)[C@H]2COC(C)(C)O2)CC1C. The lowest BCUT2D eigenvalue weighted by atomic mass is 9.78. The molecule has 0 radical (unpaired) electrons. The first-order chi connectivity index (χ1) is 16.7. The van der Waals surface area contributed by atoms with Crippen LogP contribution in [-0.2, 0) is 25.3 Å². The quantitative estimate of drug-likeness (QED) is 0.437. The summed E-state index contributed by atoms with van der Waals surface area (Å²) in [6, 6.07) is 3.15. The highest BCUT2D eigenvalue weighted by atomic mass is 35.5. The maximum Gasteiger partial charge on any atom is 0.254 e. The average molecular weight is 562 g/mol. The van der Waals surface area contributed by atoms with Crippen LogP contribution < -0.4 is 9.46 Å². The molecule has 1 amide bonds. The van der Waals surface area contributed by atoms with Crippen LogP contribution in [0.3, 0.4) is 0 Å². The number of carbonyl (C=O) groups is 1. The third-order valence-electron chi connectivity index (χ3n) is 6.53. The number of rotatable bonds is 8. The molecule has 3 unspecified atom stereocenters. The zero-order valence-corrected chi connectivity index (χ0v) is 24.3. The van der Waals surface area contributed by atoms with E-state index in [-0.39, 0.29) is 30.4 Å². The molecule has 202 valence electrons. The highest BCUT2D eigenvalue weighted by molar-refractivity contribution is 7.84. The van der Waals surface area contributed by atoms with Crippen molar-refractivity contribution in [2.24, 2.45) is 11.8 Å². The van der Waals surface area contributed by atoms with E-state index in [1.165, 1.54) is 0 Å². The molecule has 2 aliphatic rings. The molecular formula is C26H38Cl2N2O5S. The van der Waals surface area contributed by atoms with Gasteiger partial charge >= 0.3 is 0 Å². The smallest absolute Gasteiger partial charge is 0.254 e. The Morgan fingerprint density at radius 2 is 2.03 bits per heavy atom. The van der Waals surface area contributed by atoms with E-state index in [2.05, 4.69) is 18.2 Å². The summed E-state index contributed by atoms with van der Waals surface area (Å²) in [5, 5.41) is 0.776. The van der Waals surface area contributed by atoms with E-state index in [1.54, 1.807) is 18.2 Å². The molecule has 1 N–H and O–H groups in total. The summed E-state index contributed by atoms with van der Waals surface area (Å²) in [5.41, 5.74) is 0.787. The van der Waals surface area contributed by atoms with Gasteiger partial charge in [0.2, 0.25) is 0 Å². The van der Waals surface area contributed by atoms with Crippen LogP contribution in [0.5, 0.6) is 5.75 Å². The first-order valence-corrected chi connectivity index (χ1v) is 14.2. The van der Waals surface area contributed by atoms with E-state index >= 15 is 0 Å². The van der Waals surface area contributed by atoms with Crippen molar-refractivity contribution in [3.63, 3.8) is 0 Å². The van der Waals surface area contributed by atoms with Gasteiger partial charge in [-0.3, -0.25) is 4.79 Å². The summed E-state index contributed by atoms with van der Waals surface area (Å²) in [7, 11) is -1.36. The fraction of sp³-hybridized carbons (Fsp3) is 0.654. The van der Waals surface area contributed by atoms with Crippen molar-refractivity contribution in [1.82, 2.24) is 9.62 Å². The third kappa shape index (κ3) is 7.03. The number of halogens is 2. The summed E-state index contributed by atoms with van der Waals surface area (Å²) < 4.78 is 33.5. The van der Waals surface area contributed by atoms with Gasteiger partial charge in [0.1, 0.15) is 12.4 Å². The van der Waals surface area contributed by atoms with Crippen molar-refractivity contribution in [2.45, 2.75) is 70.6 Å². The van der Waals surface area contributed by atoms with Gasteiger partial charge in [-0.25, -0.2) is 8.93 Å². The van der Waals surface area contributed by atoms with Crippen LogP contribution in [0, 0.1) is 11.8 Å². The Balaban J connectivity index is 1.89. The van der Waals surface area contributed by atoms with Gasteiger partial charge in [-0.2, -0.15) is 0 Å². The van der Waals surface area contributed by atoms with Crippen molar-refractivity contribution in [3.05, 3.63) is 40.4 Å². The first-order valence-electron chi connectivity index (χ1n) is 12.2. The molecule has 0 spiro atoms. The van der Waals surface area contributed by atoms with E-state index in [4.69, 9.17) is 37.4 Å². The van der Waals surface area contributed by atoms with Gasteiger partial charge in [0, 0.05) is 24.7 Å². The minimum Gasteiger partial charge on any atom is -0.489 e. The molecule has 7 nitrogen and oxygen atoms in total. The minimum absolute atomic E-state index is 0.0564. The number of nitrogens with one attached hydrogen (secondary N) is 1. The van der Waals surface area contributed by atoms with Crippen molar-refractivity contribution in [1.29, 1.82) is 0 Å². The Morgan fingerprint density at radius 1 is 1.36 bits per heavy atom. The van der Waals surface area contributed by atoms with E-state index in [0.717, 1.165) is 5.56 Å². The molecule has 0 aliphatic carbocycles. The second-order valence-corrected chi connectivity index (χ2v) is 13.7. The van der Waals surface area contributed by atoms with Crippen molar-refractivity contribution in [3.8, 4) is 5.75 Å². The van der Waals surface area contributed by atoms with E-state index in [0.29, 0.717) is 41.9 Å². The second-order valence-electron chi connectivity index (χ2n) is 10.9. The highest BCUT2D eigenvalue weighted by Crippen LogP contribution is 2.42. The van der Waals surface area contributed by atoms with Crippen molar-refractivity contribution < 1.29 is 23.2 Å². The second kappa shape index (κ2) is 11.7. The van der Waals surface area contributed by atoms with Gasteiger partial charge in [-0.15, -0.1) is 0 Å². The molecular weight excluding hydrogens is 523 g/mol. The molecule has 10 heteroatoms. The minimum atomic E-state index is -1.36. The Bertz CT molecular complexity index is 997. The molecule has 5 atom stereocenters. The third-order valence-corrected chi connectivity index (χ3v) is 8.83. The lowest BCUT2D eigenvalue weighted by molar-refractivity contribution is -0.162. The van der Waals surface area contributed by atoms with E-state index in [1.807, 2.05) is 39.5 Å². The van der Waals surface area contributed by atoms with Gasteiger partial charge < -0.3 is 19.1 Å². The predicted molar refractivity (Wildman–Crippen MR) is 145 cm³/mol. The Hall–Kier alpha value is -1.16. The molecule has 0 bridgehead atoms. The van der Waals surface area contributed by atoms with Crippen LogP contribution >= 0.6 is 23.2 Å². The van der Waals surface area contributed by atoms with E-state index < -0.39 is 27.6 Å². The number of likely N-dealkylation sites (tertiary alicyclic amines) is 1.